The summed E-state index contributed by atoms with van der Waals surface area (Å²) in [5, 5.41) is 3.18. The molecule has 1 unspecified atom stereocenters. The fourth-order valence-electron chi connectivity index (χ4n) is 4.03. The normalized spacial score (nSPS) is 16.6. The van der Waals surface area contributed by atoms with E-state index < -0.39 is 0 Å². The number of likely N-dealkylation sites (N-methyl/N-ethyl adjacent to an activating group) is 1. The molecule has 1 aliphatic rings. The minimum Gasteiger partial charge on any atom is -0.354 e. The molecular formula is C24H37N3O2. The monoisotopic (exact) mass is 399 g/mol. The van der Waals surface area contributed by atoms with Crippen LogP contribution in [-0.2, 0) is 9.59 Å². The van der Waals surface area contributed by atoms with Crippen LogP contribution in [0.1, 0.15) is 46.1 Å². The zero-order valence-corrected chi connectivity index (χ0v) is 18.4. The van der Waals surface area contributed by atoms with Crippen molar-refractivity contribution in [3.8, 4) is 0 Å². The molecule has 0 saturated carbocycles. The van der Waals surface area contributed by atoms with Gasteiger partial charge < -0.3 is 10.2 Å². The summed E-state index contributed by atoms with van der Waals surface area (Å²) in [6.07, 6.45) is 4.94. The highest BCUT2D eigenvalue weighted by Gasteiger charge is 2.28. The van der Waals surface area contributed by atoms with Crippen molar-refractivity contribution in [1.29, 1.82) is 0 Å². The fourth-order valence-corrected chi connectivity index (χ4v) is 4.03. The van der Waals surface area contributed by atoms with E-state index in [0.29, 0.717) is 31.6 Å². The summed E-state index contributed by atoms with van der Waals surface area (Å²) in [6, 6.07) is 10.2. The summed E-state index contributed by atoms with van der Waals surface area (Å²) in [6.45, 7) is 12.7. The number of hydrogen-bond donors (Lipinski definition) is 1. The summed E-state index contributed by atoms with van der Waals surface area (Å²) >= 11 is 0. The molecule has 1 aromatic rings. The zero-order chi connectivity index (χ0) is 21.2. The van der Waals surface area contributed by atoms with E-state index in [2.05, 4.69) is 37.9 Å². The van der Waals surface area contributed by atoms with E-state index in [0.717, 1.165) is 31.5 Å². The largest absolute Gasteiger partial charge is 0.354 e. The molecule has 1 aliphatic heterocycles. The third-order valence-electron chi connectivity index (χ3n) is 5.93. The van der Waals surface area contributed by atoms with Crippen molar-refractivity contribution in [2.24, 2.45) is 11.8 Å². The molecule has 1 heterocycles. The molecule has 5 nitrogen and oxygen atoms in total. The lowest BCUT2D eigenvalue weighted by molar-refractivity contribution is -0.132. The minimum atomic E-state index is 0.00154. The lowest BCUT2D eigenvalue weighted by atomic mass is 9.95. The first-order chi connectivity index (χ1) is 14.0. The smallest absolute Gasteiger partial charge is 0.246 e. The lowest BCUT2D eigenvalue weighted by Gasteiger charge is -2.34. The number of piperidine rings is 1. The minimum absolute atomic E-state index is 0.00154. The Bertz CT molecular complexity index is 660. The van der Waals surface area contributed by atoms with E-state index in [1.165, 1.54) is 0 Å². The molecular weight excluding hydrogens is 362 g/mol. The van der Waals surface area contributed by atoms with Crippen molar-refractivity contribution in [3.63, 3.8) is 0 Å². The highest BCUT2D eigenvalue weighted by Crippen LogP contribution is 2.18. The maximum absolute atomic E-state index is 12.7. The van der Waals surface area contributed by atoms with Crippen LogP contribution in [0.2, 0.25) is 0 Å². The second-order valence-electron chi connectivity index (χ2n) is 8.12. The number of likely N-dealkylation sites (tertiary alicyclic amines) is 1. The van der Waals surface area contributed by atoms with Gasteiger partial charge >= 0.3 is 0 Å². The van der Waals surface area contributed by atoms with E-state index >= 15 is 0 Å². The molecule has 1 aromatic carbocycles. The van der Waals surface area contributed by atoms with Gasteiger partial charge in [-0.05, 0) is 43.5 Å². The summed E-state index contributed by atoms with van der Waals surface area (Å²) in [5.74, 6) is 0.650. The molecule has 29 heavy (non-hydrogen) atoms. The molecule has 0 radical (unpaired) electrons. The lowest BCUT2D eigenvalue weighted by Crippen LogP contribution is -2.49. The van der Waals surface area contributed by atoms with Crippen LogP contribution in [0.4, 0.5) is 0 Å². The van der Waals surface area contributed by atoms with E-state index in [-0.39, 0.29) is 17.7 Å². The Hall–Kier alpha value is -2.14. The van der Waals surface area contributed by atoms with Gasteiger partial charge in [-0.3, -0.25) is 14.5 Å². The summed E-state index contributed by atoms with van der Waals surface area (Å²) in [4.78, 5) is 29.3. The van der Waals surface area contributed by atoms with Gasteiger partial charge in [0.25, 0.3) is 0 Å². The number of benzene rings is 1. The number of hydrogen-bond acceptors (Lipinski definition) is 3. The van der Waals surface area contributed by atoms with Gasteiger partial charge in [0, 0.05) is 37.7 Å². The Morgan fingerprint density at radius 3 is 2.31 bits per heavy atom. The molecule has 1 atom stereocenters. The first-order valence-corrected chi connectivity index (χ1v) is 11.0. The molecule has 1 saturated heterocycles. The molecule has 5 heteroatoms. The number of amides is 2. The third kappa shape index (κ3) is 7.00. The quantitative estimate of drug-likeness (QED) is 0.648. The topological polar surface area (TPSA) is 52.7 Å². The highest BCUT2D eigenvalue weighted by molar-refractivity contribution is 5.92. The molecule has 0 bridgehead atoms. The van der Waals surface area contributed by atoms with Gasteiger partial charge in [-0.15, -0.1) is 0 Å². The van der Waals surface area contributed by atoms with Gasteiger partial charge in [-0.25, -0.2) is 0 Å². The van der Waals surface area contributed by atoms with Crippen LogP contribution in [0, 0.1) is 11.8 Å². The van der Waals surface area contributed by atoms with Crippen molar-refractivity contribution in [1.82, 2.24) is 15.1 Å². The summed E-state index contributed by atoms with van der Waals surface area (Å²) in [7, 11) is 0. The van der Waals surface area contributed by atoms with Crippen LogP contribution >= 0.6 is 0 Å². The van der Waals surface area contributed by atoms with Crippen molar-refractivity contribution in [2.45, 2.75) is 46.6 Å². The number of nitrogens with one attached hydrogen (secondary N) is 1. The molecule has 1 N–H and O–H groups in total. The number of rotatable bonds is 9. The Labute approximate surface area is 176 Å². The van der Waals surface area contributed by atoms with Crippen LogP contribution in [0.15, 0.2) is 36.4 Å². The van der Waals surface area contributed by atoms with Crippen LogP contribution < -0.4 is 5.32 Å². The Morgan fingerprint density at radius 2 is 1.76 bits per heavy atom. The van der Waals surface area contributed by atoms with Gasteiger partial charge in [0.1, 0.15) is 0 Å². The second-order valence-corrected chi connectivity index (χ2v) is 8.12. The van der Waals surface area contributed by atoms with Crippen LogP contribution in [0.5, 0.6) is 0 Å². The molecule has 0 aliphatic carbocycles. The molecule has 0 aromatic heterocycles. The van der Waals surface area contributed by atoms with Crippen LogP contribution in [0.25, 0.3) is 6.08 Å². The fraction of sp³-hybridized carbons (Fsp3) is 0.583. The predicted molar refractivity (Wildman–Crippen MR) is 119 cm³/mol. The molecule has 160 valence electrons. The first-order valence-electron chi connectivity index (χ1n) is 11.0. The van der Waals surface area contributed by atoms with Gasteiger partial charge in [0.05, 0.1) is 0 Å². The van der Waals surface area contributed by atoms with Gasteiger partial charge in [0.15, 0.2) is 0 Å². The predicted octanol–water partition coefficient (Wildman–Crippen LogP) is 3.42. The van der Waals surface area contributed by atoms with E-state index in [1.54, 1.807) is 6.08 Å². The molecule has 2 rings (SSSR count). The van der Waals surface area contributed by atoms with Crippen LogP contribution in [0.3, 0.4) is 0 Å². The maximum atomic E-state index is 12.7. The van der Waals surface area contributed by atoms with E-state index in [1.807, 2.05) is 41.3 Å². The van der Waals surface area contributed by atoms with Gasteiger partial charge in [-0.2, -0.15) is 0 Å². The van der Waals surface area contributed by atoms with Crippen molar-refractivity contribution in [3.05, 3.63) is 42.0 Å². The standard InChI is InChI=1S/C24H37N3O2/c1-5-26(6-2)22(19(3)4)18-25-24(29)21-14-16-27(17-15-21)23(28)13-12-20-10-8-7-9-11-20/h7-13,19,21-22H,5-6,14-18H2,1-4H3,(H,25,29)/b13-12+. The van der Waals surface area contributed by atoms with E-state index in [4.69, 9.17) is 0 Å². The molecule has 2 amide bonds. The molecule has 0 spiro atoms. The number of nitrogens with zero attached hydrogens (tertiary/aromatic N) is 2. The van der Waals surface area contributed by atoms with Gasteiger partial charge in [0.2, 0.25) is 11.8 Å². The Morgan fingerprint density at radius 1 is 1.14 bits per heavy atom. The SMILES string of the molecule is CCN(CC)C(CNC(=O)C1CCN(C(=O)/C=C/c2ccccc2)CC1)C(C)C. The average Bonchev–Trinajstić information content (AvgIpc) is 2.75. The highest BCUT2D eigenvalue weighted by atomic mass is 16.2. The summed E-state index contributed by atoms with van der Waals surface area (Å²) in [5.41, 5.74) is 1.02. The van der Waals surface area contributed by atoms with Crippen LogP contribution in [-0.4, -0.2) is 60.4 Å². The van der Waals surface area contributed by atoms with Crippen molar-refractivity contribution >= 4 is 17.9 Å². The summed E-state index contributed by atoms with van der Waals surface area (Å²) < 4.78 is 0. The third-order valence-corrected chi connectivity index (χ3v) is 5.93. The maximum Gasteiger partial charge on any atom is 0.246 e. The first kappa shape index (κ1) is 23.1. The Kier molecular flexibility index (Phi) is 9.39. The number of carbonyl (C=O) groups is 2. The van der Waals surface area contributed by atoms with E-state index in [9.17, 15) is 9.59 Å². The average molecular weight is 400 g/mol. The number of carbonyl (C=O) groups excluding carboxylic acids is 2. The molecule has 1 fully saturated rings. The van der Waals surface area contributed by atoms with Crippen molar-refractivity contribution < 1.29 is 9.59 Å². The second kappa shape index (κ2) is 11.8. The van der Waals surface area contributed by atoms with Crippen molar-refractivity contribution in [2.75, 3.05) is 32.7 Å². The Balaban J connectivity index is 1.79. The zero-order valence-electron chi connectivity index (χ0n) is 18.4. The van der Waals surface area contributed by atoms with Gasteiger partial charge in [-0.1, -0.05) is 58.0 Å².